The van der Waals surface area contributed by atoms with Crippen LogP contribution >= 0.6 is 0 Å². The highest BCUT2D eigenvalue weighted by molar-refractivity contribution is 5.82. The molecule has 116 valence electrons. The highest BCUT2D eigenvalue weighted by Crippen LogP contribution is 2.20. The van der Waals surface area contributed by atoms with Crippen molar-refractivity contribution in [2.45, 2.75) is 66.5 Å². The number of allylic oxidation sites excluding steroid dienone is 3. The highest BCUT2D eigenvalue weighted by atomic mass is 19.1. The number of esters is 1. The third-order valence-corrected chi connectivity index (χ3v) is 3.25. The Morgan fingerprint density at radius 1 is 1.20 bits per heavy atom. The van der Waals surface area contributed by atoms with Gasteiger partial charge in [-0.3, -0.25) is 0 Å². The third-order valence-electron chi connectivity index (χ3n) is 3.25. The van der Waals surface area contributed by atoms with E-state index in [-0.39, 0.29) is 0 Å². The maximum absolute atomic E-state index is 13.9. The first-order valence-corrected chi connectivity index (χ1v) is 7.49. The van der Waals surface area contributed by atoms with Crippen LogP contribution < -0.4 is 0 Å². The molecule has 0 amide bonds. The number of carbonyl (C=O) groups excluding carboxylic acids is 1. The van der Waals surface area contributed by atoms with Crippen molar-refractivity contribution in [2.24, 2.45) is 5.92 Å². The molecule has 0 saturated heterocycles. The molecule has 0 aliphatic carbocycles. The van der Waals surface area contributed by atoms with E-state index in [2.05, 4.69) is 26.8 Å². The summed E-state index contributed by atoms with van der Waals surface area (Å²) >= 11 is 0. The van der Waals surface area contributed by atoms with Crippen LogP contribution in [0.15, 0.2) is 23.3 Å². The number of hydrogen-bond acceptors (Lipinski definition) is 2. The Morgan fingerprint density at radius 2 is 1.85 bits per heavy atom. The van der Waals surface area contributed by atoms with Crippen LogP contribution in [0.2, 0.25) is 0 Å². The highest BCUT2D eigenvalue weighted by Gasteiger charge is 2.12. The van der Waals surface area contributed by atoms with Gasteiger partial charge in [-0.15, -0.1) is 0 Å². The molecule has 20 heavy (non-hydrogen) atoms. The summed E-state index contributed by atoms with van der Waals surface area (Å²) in [7, 11) is 0. The molecular weight excluding hydrogens is 255 g/mol. The monoisotopic (exact) mass is 284 g/mol. The Balaban J connectivity index is 4.05. The zero-order valence-corrected chi connectivity index (χ0v) is 13.5. The molecule has 0 aliphatic rings. The topological polar surface area (TPSA) is 26.3 Å². The standard InChI is InChI=1S/C17H29FO2/c1-6-20-17(19)12-15(5)16(18)11-10-14(4)9-7-8-13(2)3/h8,12,14,16H,6-7,9-11H2,1-5H3/b15-12+. The number of ether oxygens (including phenoxy) is 1. The molecule has 0 radical (unpaired) electrons. The molecule has 0 saturated carbocycles. The fourth-order valence-electron chi connectivity index (χ4n) is 1.92. The van der Waals surface area contributed by atoms with Gasteiger partial charge in [0.1, 0.15) is 6.17 Å². The lowest BCUT2D eigenvalue weighted by Crippen LogP contribution is -2.08. The van der Waals surface area contributed by atoms with Gasteiger partial charge in [-0.1, -0.05) is 18.6 Å². The Bertz CT molecular complexity index is 341. The maximum atomic E-state index is 13.9. The Kier molecular flexibility index (Phi) is 10.0. The lowest BCUT2D eigenvalue weighted by Gasteiger charge is -2.13. The molecule has 0 aromatic heterocycles. The molecule has 2 nitrogen and oxygen atoms in total. The van der Waals surface area contributed by atoms with Gasteiger partial charge in [-0.05, 0) is 64.9 Å². The molecule has 0 aromatic carbocycles. The third kappa shape index (κ3) is 9.76. The summed E-state index contributed by atoms with van der Waals surface area (Å²) in [6.45, 7) is 10.0. The minimum atomic E-state index is -1.05. The average molecular weight is 284 g/mol. The van der Waals surface area contributed by atoms with E-state index in [9.17, 15) is 9.18 Å². The SMILES string of the molecule is CCOC(=O)/C=C(\C)C(F)CCC(C)CCC=C(C)C. The van der Waals surface area contributed by atoms with Gasteiger partial charge in [0.15, 0.2) is 0 Å². The summed E-state index contributed by atoms with van der Waals surface area (Å²) in [5, 5.41) is 0. The number of carbonyl (C=O) groups is 1. The normalized spacial score (nSPS) is 14.6. The second-order valence-corrected chi connectivity index (χ2v) is 5.65. The second kappa shape index (κ2) is 10.6. The summed E-state index contributed by atoms with van der Waals surface area (Å²) in [4.78, 5) is 11.2. The van der Waals surface area contributed by atoms with Gasteiger partial charge in [0, 0.05) is 6.08 Å². The van der Waals surface area contributed by atoms with Crippen molar-refractivity contribution in [1.82, 2.24) is 0 Å². The average Bonchev–Trinajstić information content (AvgIpc) is 2.35. The maximum Gasteiger partial charge on any atom is 0.330 e. The van der Waals surface area contributed by atoms with Crippen LogP contribution in [0.3, 0.4) is 0 Å². The van der Waals surface area contributed by atoms with Crippen LogP contribution in [0, 0.1) is 5.92 Å². The van der Waals surface area contributed by atoms with Crippen LogP contribution in [-0.2, 0) is 9.53 Å². The molecule has 0 heterocycles. The predicted octanol–water partition coefficient (Wildman–Crippen LogP) is 5.00. The molecular formula is C17H29FO2. The quantitative estimate of drug-likeness (QED) is 0.338. The summed E-state index contributed by atoms with van der Waals surface area (Å²) in [5.74, 6) is 0.0449. The Labute approximate surface area is 123 Å². The van der Waals surface area contributed by atoms with Crippen molar-refractivity contribution in [2.75, 3.05) is 6.61 Å². The predicted molar refractivity (Wildman–Crippen MR) is 82.3 cm³/mol. The minimum absolute atomic E-state index is 0.320. The Morgan fingerprint density at radius 3 is 2.40 bits per heavy atom. The first-order chi connectivity index (χ1) is 9.36. The van der Waals surface area contributed by atoms with Crippen LogP contribution in [0.5, 0.6) is 0 Å². The van der Waals surface area contributed by atoms with Crippen LogP contribution in [0.1, 0.15) is 60.3 Å². The molecule has 2 atom stereocenters. The van der Waals surface area contributed by atoms with Crippen molar-refractivity contribution in [3.05, 3.63) is 23.3 Å². The van der Waals surface area contributed by atoms with Gasteiger partial charge in [-0.25, -0.2) is 9.18 Å². The van der Waals surface area contributed by atoms with E-state index in [1.54, 1.807) is 13.8 Å². The van der Waals surface area contributed by atoms with Gasteiger partial charge < -0.3 is 4.74 Å². The van der Waals surface area contributed by atoms with E-state index in [0.29, 0.717) is 24.5 Å². The van der Waals surface area contributed by atoms with Crippen molar-refractivity contribution in [1.29, 1.82) is 0 Å². The summed E-state index contributed by atoms with van der Waals surface area (Å²) in [6, 6.07) is 0. The zero-order valence-electron chi connectivity index (χ0n) is 13.5. The molecule has 2 unspecified atom stereocenters. The number of halogens is 1. The lowest BCUT2D eigenvalue weighted by atomic mass is 9.96. The first-order valence-electron chi connectivity index (χ1n) is 7.49. The minimum Gasteiger partial charge on any atom is -0.463 e. The number of rotatable bonds is 9. The molecule has 0 bridgehead atoms. The summed E-state index contributed by atoms with van der Waals surface area (Å²) in [6.07, 6.45) is 5.88. The molecule has 0 aromatic rings. The Hall–Kier alpha value is -1.12. The van der Waals surface area contributed by atoms with Crippen molar-refractivity contribution < 1.29 is 13.9 Å². The van der Waals surface area contributed by atoms with Gasteiger partial charge in [0.25, 0.3) is 0 Å². The molecule has 0 aliphatic heterocycles. The molecule has 0 spiro atoms. The molecule has 0 rings (SSSR count). The smallest absolute Gasteiger partial charge is 0.330 e. The summed E-state index contributed by atoms with van der Waals surface area (Å²) < 4.78 is 18.7. The van der Waals surface area contributed by atoms with Crippen LogP contribution in [0.25, 0.3) is 0 Å². The van der Waals surface area contributed by atoms with Crippen LogP contribution in [0.4, 0.5) is 4.39 Å². The molecule has 0 fully saturated rings. The zero-order chi connectivity index (χ0) is 15.5. The second-order valence-electron chi connectivity index (χ2n) is 5.65. The van der Waals surface area contributed by atoms with E-state index in [1.165, 1.54) is 11.6 Å². The van der Waals surface area contributed by atoms with Crippen molar-refractivity contribution in [3.8, 4) is 0 Å². The van der Waals surface area contributed by atoms with Crippen LogP contribution in [-0.4, -0.2) is 18.7 Å². The van der Waals surface area contributed by atoms with Crippen molar-refractivity contribution in [3.63, 3.8) is 0 Å². The largest absolute Gasteiger partial charge is 0.463 e. The van der Waals surface area contributed by atoms with Crippen molar-refractivity contribution >= 4 is 5.97 Å². The van der Waals surface area contributed by atoms with E-state index in [4.69, 9.17) is 4.74 Å². The van der Waals surface area contributed by atoms with Gasteiger partial charge in [0.2, 0.25) is 0 Å². The number of hydrogen-bond donors (Lipinski definition) is 0. The van der Waals surface area contributed by atoms with E-state index >= 15 is 0 Å². The van der Waals surface area contributed by atoms with Gasteiger partial charge in [0.05, 0.1) is 6.61 Å². The van der Waals surface area contributed by atoms with Gasteiger partial charge in [-0.2, -0.15) is 0 Å². The van der Waals surface area contributed by atoms with E-state index in [0.717, 1.165) is 19.3 Å². The first kappa shape index (κ1) is 18.9. The molecule has 0 N–H and O–H groups in total. The fraction of sp³-hybridized carbons (Fsp3) is 0.706. The van der Waals surface area contributed by atoms with E-state index < -0.39 is 12.1 Å². The summed E-state index contributed by atoms with van der Waals surface area (Å²) in [5.41, 5.74) is 1.79. The fourth-order valence-corrected chi connectivity index (χ4v) is 1.92. The molecule has 3 heteroatoms. The number of alkyl halides is 1. The van der Waals surface area contributed by atoms with E-state index in [1.807, 2.05) is 0 Å². The van der Waals surface area contributed by atoms with Gasteiger partial charge >= 0.3 is 5.97 Å². The lowest BCUT2D eigenvalue weighted by molar-refractivity contribution is -0.137.